The third-order valence-electron chi connectivity index (χ3n) is 4.02. The topological polar surface area (TPSA) is 82.1 Å². The lowest BCUT2D eigenvalue weighted by Gasteiger charge is -2.21. The lowest BCUT2D eigenvalue weighted by atomic mass is 10.1. The van der Waals surface area contributed by atoms with E-state index in [-0.39, 0.29) is 11.0 Å². The Hall–Kier alpha value is -2.00. The molecule has 0 aromatic heterocycles. The zero-order chi connectivity index (χ0) is 22.6. The number of thioether (sulfide) groups is 1. The van der Waals surface area contributed by atoms with Gasteiger partial charge in [-0.2, -0.15) is 0 Å². The number of carbonyl (C=O) groups is 3. The molecule has 30 heavy (non-hydrogen) atoms. The summed E-state index contributed by atoms with van der Waals surface area (Å²) in [4.78, 5) is 38.0. The van der Waals surface area contributed by atoms with E-state index in [1.807, 2.05) is 13.8 Å². The molecule has 0 radical (unpaired) electrons. The third kappa shape index (κ3) is 6.25. The highest BCUT2D eigenvalue weighted by molar-refractivity contribution is 9.10. The number of hydrogen-bond acceptors (Lipinski definition) is 7. The molecule has 1 heterocycles. The SMILES string of the molecule is CCC(C)Oc1c(Br)cc(C=C2SC(=O)N(CC(=O)OC(C)(C)C)C2=O)cc1OC. The lowest BCUT2D eigenvalue weighted by Crippen LogP contribution is -2.37. The van der Waals surface area contributed by atoms with Crippen molar-refractivity contribution in [3.8, 4) is 11.5 Å². The Balaban J connectivity index is 2.24. The Bertz CT molecular complexity index is 877. The average molecular weight is 500 g/mol. The van der Waals surface area contributed by atoms with Gasteiger partial charge in [0.1, 0.15) is 12.1 Å². The van der Waals surface area contributed by atoms with Crippen LogP contribution >= 0.6 is 27.7 Å². The van der Waals surface area contributed by atoms with Crippen molar-refractivity contribution in [2.45, 2.75) is 52.7 Å². The van der Waals surface area contributed by atoms with Gasteiger partial charge in [0.05, 0.1) is 22.6 Å². The zero-order valence-corrected chi connectivity index (χ0v) is 20.3. The smallest absolute Gasteiger partial charge is 0.326 e. The van der Waals surface area contributed by atoms with Crippen LogP contribution in [0.15, 0.2) is 21.5 Å². The van der Waals surface area contributed by atoms with Gasteiger partial charge < -0.3 is 14.2 Å². The molecular formula is C21H26BrNO6S. The predicted octanol–water partition coefficient (Wildman–Crippen LogP) is 5.01. The summed E-state index contributed by atoms with van der Waals surface area (Å²) in [6.07, 6.45) is 2.42. The van der Waals surface area contributed by atoms with Crippen LogP contribution in [0, 0.1) is 0 Å². The van der Waals surface area contributed by atoms with Crippen molar-refractivity contribution in [1.29, 1.82) is 0 Å². The largest absolute Gasteiger partial charge is 0.493 e. The first kappa shape index (κ1) is 24.3. The molecule has 1 aromatic rings. The number of rotatable bonds is 7. The molecule has 1 atom stereocenters. The molecule has 2 rings (SSSR count). The summed E-state index contributed by atoms with van der Waals surface area (Å²) >= 11 is 4.26. The standard InChI is InChI=1S/C21H26BrNO6S/c1-7-12(2)28-18-14(22)8-13(9-15(18)27-6)10-16-19(25)23(20(26)30-16)11-17(24)29-21(3,4)5/h8-10,12H,7,11H2,1-6H3. The fraction of sp³-hybridized carbons (Fsp3) is 0.476. The summed E-state index contributed by atoms with van der Waals surface area (Å²) in [6, 6.07) is 3.51. The summed E-state index contributed by atoms with van der Waals surface area (Å²) in [6.45, 7) is 8.72. The van der Waals surface area contributed by atoms with E-state index in [4.69, 9.17) is 14.2 Å². The zero-order valence-electron chi connectivity index (χ0n) is 17.9. The predicted molar refractivity (Wildman–Crippen MR) is 120 cm³/mol. The number of halogens is 1. The number of hydrogen-bond donors (Lipinski definition) is 0. The second-order valence-corrected chi connectivity index (χ2v) is 9.57. The Morgan fingerprint density at radius 3 is 2.53 bits per heavy atom. The molecule has 1 fully saturated rings. The van der Waals surface area contributed by atoms with E-state index in [1.54, 1.807) is 39.0 Å². The monoisotopic (exact) mass is 499 g/mol. The highest BCUT2D eigenvalue weighted by Crippen LogP contribution is 2.39. The number of esters is 1. The number of nitrogens with zero attached hydrogens (tertiary/aromatic N) is 1. The van der Waals surface area contributed by atoms with Crippen LogP contribution in [0.4, 0.5) is 4.79 Å². The quantitative estimate of drug-likeness (QED) is 0.384. The van der Waals surface area contributed by atoms with E-state index < -0.39 is 29.3 Å². The molecule has 1 unspecified atom stereocenters. The van der Waals surface area contributed by atoms with Crippen molar-refractivity contribution in [1.82, 2.24) is 4.90 Å². The average Bonchev–Trinajstić information content (AvgIpc) is 2.89. The van der Waals surface area contributed by atoms with Crippen LogP contribution in [0.5, 0.6) is 11.5 Å². The molecule has 1 aliphatic heterocycles. The lowest BCUT2D eigenvalue weighted by molar-refractivity contribution is -0.156. The Labute approximate surface area is 189 Å². The minimum absolute atomic E-state index is 0.00500. The summed E-state index contributed by atoms with van der Waals surface area (Å²) in [5, 5.41) is -0.514. The molecule has 2 amide bonds. The fourth-order valence-electron chi connectivity index (χ4n) is 2.51. The van der Waals surface area contributed by atoms with Gasteiger partial charge in [0.15, 0.2) is 11.5 Å². The van der Waals surface area contributed by atoms with Crippen LogP contribution in [0.25, 0.3) is 6.08 Å². The van der Waals surface area contributed by atoms with Gasteiger partial charge in [-0.25, -0.2) is 0 Å². The van der Waals surface area contributed by atoms with Crippen molar-refractivity contribution >= 4 is 50.9 Å². The van der Waals surface area contributed by atoms with Gasteiger partial charge >= 0.3 is 5.97 Å². The van der Waals surface area contributed by atoms with Gasteiger partial charge in [-0.15, -0.1) is 0 Å². The van der Waals surface area contributed by atoms with Gasteiger partial charge in [0, 0.05) is 0 Å². The van der Waals surface area contributed by atoms with Crippen LogP contribution < -0.4 is 9.47 Å². The molecule has 9 heteroatoms. The van der Waals surface area contributed by atoms with E-state index in [9.17, 15) is 14.4 Å². The molecule has 1 aliphatic rings. The molecular weight excluding hydrogens is 474 g/mol. The maximum absolute atomic E-state index is 12.7. The minimum atomic E-state index is -0.698. The van der Waals surface area contributed by atoms with Gasteiger partial charge in [-0.1, -0.05) is 6.92 Å². The normalized spacial score (nSPS) is 16.8. The summed E-state index contributed by atoms with van der Waals surface area (Å²) in [5.41, 5.74) is -0.0469. The van der Waals surface area contributed by atoms with Crippen molar-refractivity contribution in [2.75, 3.05) is 13.7 Å². The van der Waals surface area contributed by atoms with E-state index in [0.29, 0.717) is 21.5 Å². The summed E-state index contributed by atoms with van der Waals surface area (Å²) in [7, 11) is 1.53. The number of amides is 2. The first-order valence-electron chi connectivity index (χ1n) is 9.46. The Kier molecular flexibility index (Phi) is 7.99. The summed E-state index contributed by atoms with van der Waals surface area (Å²) < 4.78 is 17.2. The van der Waals surface area contributed by atoms with Crippen molar-refractivity contribution in [2.24, 2.45) is 0 Å². The number of ether oxygens (including phenoxy) is 3. The van der Waals surface area contributed by atoms with Crippen LogP contribution in [-0.4, -0.2) is 47.4 Å². The highest BCUT2D eigenvalue weighted by Gasteiger charge is 2.37. The molecule has 1 saturated heterocycles. The maximum atomic E-state index is 12.7. The molecule has 0 spiro atoms. The van der Waals surface area contributed by atoms with Gasteiger partial charge in [-0.05, 0) is 85.6 Å². The van der Waals surface area contributed by atoms with E-state index >= 15 is 0 Å². The van der Waals surface area contributed by atoms with Crippen molar-refractivity contribution < 1.29 is 28.6 Å². The van der Waals surface area contributed by atoms with E-state index in [2.05, 4.69) is 15.9 Å². The Morgan fingerprint density at radius 2 is 1.97 bits per heavy atom. The first-order valence-corrected chi connectivity index (χ1v) is 11.1. The fourth-order valence-corrected chi connectivity index (χ4v) is 3.90. The minimum Gasteiger partial charge on any atom is -0.493 e. The number of benzene rings is 1. The van der Waals surface area contributed by atoms with Crippen LogP contribution in [0.2, 0.25) is 0 Å². The number of imide groups is 1. The second-order valence-electron chi connectivity index (χ2n) is 7.73. The molecule has 7 nitrogen and oxygen atoms in total. The first-order chi connectivity index (χ1) is 13.9. The van der Waals surface area contributed by atoms with Gasteiger partial charge in [0.2, 0.25) is 0 Å². The molecule has 164 valence electrons. The molecule has 0 bridgehead atoms. The van der Waals surface area contributed by atoms with Crippen molar-refractivity contribution in [3.63, 3.8) is 0 Å². The van der Waals surface area contributed by atoms with Crippen molar-refractivity contribution in [3.05, 3.63) is 27.1 Å². The third-order valence-corrected chi connectivity index (χ3v) is 5.52. The van der Waals surface area contributed by atoms with E-state index in [1.165, 1.54) is 7.11 Å². The number of carbonyl (C=O) groups excluding carboxylic acids is 3. The van der Waals surface area contributed by atoms with E-state index in [0.717, 1.165) is 23.1 Å². The maximum Gasteiger partial charge on any atom is 0.326 e. The Morgan fingerprint density at radius 1 is 1.30 bits per heavy atom. The number of methoxy groups -OCH3 is 1. The second kappa shape index (κ2) is 9.87. The molecule has 0 saturated carbocycles. The van der Waals surface area contributed by atoms with Crippen LogP contribution in [0.1, 0.15) is 46.6 Å². The van der Waals surface area contributed by atoms with Crippen LogP contribution in [0.3, 0.4) is 0 Å². The highest BCUT2D eigenvalue weighted by atomic mass is 79.9. The van der Waals surface area contributed by atoms with Gasteiger partial charge in [-0.3, -0.25) is 19.3 Å². The molecule has 1 aromatic carbocycles. The summed E-state index contributed by atoms with van der Waals surface area (Å²) in [5.74, 6) is -0.0983. The molecule has 0 aliphatic carbocycles. The van der Waals surface area contributed by atoms with Crippen LogP contribution in [-0.2, 0) is 14.3 Å². The molecule has 0 N–H and O–H groups in total. The van der Waals surface area contributed by atoms with Gasteiger partial charge in [0.25, 0.3) is 11.1 Å².